The zero-order valence-corrected chi connectivity index (χ0v) is 17.2. The zero-order chi connectivity index (χ0) is 19.9. The number of aryl methyl sites for hydroxylation is 3. The second kappa shape index (κ2) is 9.31. The molecule has 0 aliphatic carbocycles. The second-order valence-electron chi connectivity index (χ2n) is 7.00. The van der Waals surface area contributed by atoms with E-state index in [1.165, 1.54) is 16.7 Å². The fraction of sp³-hybridized carbons (Fsp3) is 0.348. The number of rotatable bonds is 8. The third-order valence-electron chi connectivity index (χ3n) is 4.95. The van der Waals surface area contributed by atoms with Gasteiger partial charge in [-0.1, -0.05) is 32.0 Å². The summed E-state index contributed by atoms with van der Waals surface area (Å²) in [5.74, 6) is 1.58. The summed E-state index contributed by atoms with van der Waals surface area (Å²) in [7, 11) is 2.07. The van der Waals surface area contributed by atoms with Crippen molar-refractivity contribution in [2.24, 2.45) is 0 Å². The lowest BCUT2D eigenvalue weighted by Gasteiger charge is -2.20. The van der Waals surface area contributed by atoms with Crippen molar-refractivity contribution in [2.45, 2.75) is 40.0 Å². The second-order valence-corrected chi connectivity index (χ2v) is 7.00. The van der Waals surface area contributed by atoms with Crippen molar-refractivity contribution in [3.8, 4) is 0 Å². The van der Waals surface area contributed by atoms with Gasteiger partial charge < -0.3 is 10.2 Å². The molecule has 2 heterocycles. The molecule has 0 radical (unpaired) electrons. The fourth-order valence-electron chi connectivity index (χ4n) is 3.28. The SMILES string of the molecule is CCc1cccc(CC)c1Nc1nc(C)cc(N(C)CCc2ccncc2)n1. The van der Waals surface area contributed by atoms with Gasteiger partial charge in [-0.25, -0.2) is 4.98 Å². The van der Waals surface area contributed by atoms with Crippen LogP contribution in [0.3, 0.4) is 0 Å². The van der Waals surface area contributed by atoms with Crippen molar-refractivity contribution in [2.75, 3.05) is 23.8 Å². The van der Waals surface area contributed by atoms with Gasteiger partial charge in [0.05, 0.1) is 0 Å². The van der Waals surface area contributed by atoms with Crippen LogP contribution in [-0.4, -0.2) is 28.5 Å². The molecule has 0 amide bonds. The predicted octanol–water partition coefficient (Wildman–Crippen LogP) is 4.73. The molecular formula is C23H29N5. The molecule has 0 saturated heterocycles. The van der Waals surface area contributed by atoms with E-state index in [0.29, 0.717) is 5.95 Å². The highest BCUT2D eigenvalue weighted by molar-refractivity contribution is 5.64. The van der Waals surface area contributed by atoms with E-state index in [0.717, 1.165) is 43.0 Å². The monoisotopic (exact) mass is 375 g/mol. The van der Waals surface area contributed by atoms with Crippen molar-refractivity contribution in [1.29, 1.82) is 0 Å². The van der Waals surface area contributed by atoms with E-state index in [2.05, 4.69) is 71.4 Å². The summed E-state index contributed by atoms with van der Waals surface area (Å²) in [6.45, 7) is 7.25. The minimum Gasteiger partial charge on any atom is -0.359 e. The van der Waals surface area contributed by atoms with Gasteiger partial charge in [0, 0.05) is 43.4 Å². The average molecular weight is 376 g/mol. The Hall–Kier alpha value is -2.95. The summed E-state index contributed by atoms with van der Waals surface area (Å²) in [6.07, 6.45) is 6.57. The Kier molecular flexibility index (Phi) is 6.58. The van der Waals surface area contributed by atoms with Crippen molar-refractivity contribution < 1.29 is 0 Å². The van der Waals surface area contributed by atoms with E-state index >= 15 is 0 Å². The zero-order valence-electron chi connectivity index (χ0n) is 17.2. The van der Waals surface area contributed by atoms with Crippen LogP contribution in [-0.2, 0) is 19.3 Å². The molecule has 0 saturated carbocycles. The van der Waals surface area contributed by atoms with Crippen LogP contribution < -0.4 is 10.2 Å². The van der Waals surface area contributed by atoms with Gasteiger partial charge in [-0.3, -0.25) is 4.98 Å². The van der Waals surface area contributed by atoms with Crippen LogP contribution in [0.25, 0.3) is 0 Å². The minimum absolute atomic E-state index is 0.654. The van der Waals surface area contributed by atoms with E-state index in [1.807, 2.05) is 25.4 Å². The Bertz CT molecular complexity index is 886. The fourth-order valence-corrected chi connectivity index (χ4v) is 3.28. The Morgan fingerprint density at radius 2 is 1.64 bits per heavy atom. The summed E-state index contributed by atoms with van der Waals surface area (Å²) in [6, 6.07) is 12.6. The van der Waals surface area contributed by atoms with Gasteiger partial charge in [-0.15, -0.1) is 0 Å². The molecule has 2 aromatic heterocycles. The summed E-state index contributed by atoms with van der Waals surface area (Å²) < 4.78 is 0. The van der Waals surface area contributed by atoms with E-state index in [-0.39, 0.29) is 0 Å². The number of para-hydroxylation sites is 1. The van der Waals surface area contributed by atoms with Crippen LogP contribution in [0.5, 0.6) is 0 Å². The molecule has 5 heteroatoms. The first-order valence-electron chi connectivity index (χ1n) is 9.94. The molecule has 146 valence electrons. The molecule has 0 fully saturated rings. The smallest absolute Gasteiger partial charge is 0.229 e. The lowest BCUT2D eigenvalue weighted by atomic mass is 10.0. The first-order chi connectivity index (χ1) is 13.6. The molecular weight excluding hydrogens is 346 g/mol. The predicted molar refractivity (Wildman–Crippen MR) is 116 cm³/mol. The molecule has 0 atom stereocenters. The Labute approximate surface area is 167 Å². The lowest BCUT2D eigenvalue weighted by molar-refractivity contribution is 0.853. The lowest BCUT2D eigenvalue weighted by Crippen LogP contribution is -2.22. The highest BCUT2D eigenvalue weighted by Gasteiger charge is 2.11. The maximum Gasteiger partial charge on any atom is 0.229 e. The highest BCUT2D eigenvalue weighted by Crippen LogP contribution is 2.26. The molecule has 0 spiro atoms. The third-order valence-corrected chi connectivity index (χ3v) is 4.95. The number of anilines is 3. The van der Waals surface area contributed by atoms with Gasteiger partial charge in [-0.2, -0.15) is 4.98 Å². The summed E-state index contributed by atoms with van der Waals surface area (Å²) in [5, 5.41) is 3.50. The molecule has 0 unspecified atom stereocenters. The average Bonchev–Trinajstić information content (AvgIpc) is 2.72. The molecule has 1 aromatic carbocycles. The highest BCUT2D eigenvalue weighted by atomic mass is 15.2. The molecule has 0 aliphatic heterocycles. The van der Waals surface area contributed by atoms with Crippen molar-refractivity contribution in [3.05, 3.63) is 71.2 Å². The maximum absolute atomic E-state index is 4.78. The number of pyridine rings is 1. The molecule has 5 nitrogen and oxygen atoms in total. The number of hydrogen-bond donors (Lipinski definition) is 1. The summed E-state index contributed by atoms with van der Waals surface area (Å²) >= 11 is 0. The van der Waals surface area contributed by atoms with Crippen molar-refractivity contribution >= 4 is 17.5 Å². The minimum atomic E-state index is 0.654. The summed E-state index contributed by atoms with van der Waals surface area (Å²) in [4.78, 5) is 15.7. The molecule has 3 aromatic rings. The normalized spacial score (nSPS) is 10.7. The van der Waals surface area contributed by atoms with Gasteiger partial charge in [0.2, 0.25) is 5.95 Å². The number of aromatic nitrogens is 3. The standard InChI is InChI=1S/C23H29N5/c1-5-19-8-7-9-20(6-2)22(19)27-23-25-17(3)16-21(26-23)28(4)15-12-18-10-13-24-14-11-18/h7-11,13-14,16H,5-6,12,15H2,1-4H3,(H,25,26,27). The molecule has 0 aliphatic rings. The van der Waals surface area contributed by atoms with Crippen LogP contribution in [0.1, 0.15) is 36.2 Å². The van der Waals surface area contributed by atoms with Crippen LogP contribution in [0.2, 0.25) is 0 Å². The maximum atomic E-state index is 4.78. The van der Waals surface area contributed by atoms with Crippen LogP contribution in [0.15, 0.2) is 48.8 Å². The van der Waals surface area contributed by atoms with Gasteiger partial charge >= 0.3 is 0 Å². The number of nitrogens with one attached hydrogen (secondary N) is 1. The first-order valence-corrected chi connectivity index (χ1v) is 9.94. The van der Waals surface area contributed by atoms with Gasteiger partial charge in [0.1, 0.15) is 5.82 Å². The quantitative estimate of drug-likeness (QED) is 0.617. The largest absolute Gasteiger partial charge is 0.359 e. The van der Waals surface area contributed by atoms with Crippen LogP contribution >= 0.6 is 0 Å². The molecule has 28 heavy (non-hydrogen) atoms. The molecule has 3 rings (SSSR count). The van der Waals surface area contributed by atoms with E-state index in [1.54, 1.807) is 0 Å². The van der Waals surface area contributed by atoms with Gasteiger partial charge in [0.25, 0.3) is 0 Å². The number of hydrogen-bond acceptors (Lipinski definition) is 5. The van der Waals surface area contributed by atoms with Crippen LogP contribution in [0, 0.1) is 6.92 Å². The first kappa shape index (κ1) is 19.8. The van der Waals surface area contributed by atoms with Gasteiger partial charge in [0.15, 0.2) is 0 Å². The van der Waals surface area contributed by atoms with Crippen molar-refractivity contribution in [3.63, 3.8) is 0 Å². The van der Waals surface area contributed by atoms with E-state index in [9.17, 15) is 0 Å². The molecule has 1 N–H and O–H groups in total. The Morgan fingerprint density at radius 1 is 0.964 bits per heavy atom. The van der Waals surface area contributed by atoms with Crippen LogP contribution in [0.4, 0.5) is 17.5 Å². The van der Waals surface area contributed by atoms with Gasteiger partial charge in [-0.05, 0) is 55.0 Å². The van der Waals surface area contributed by atoms with Crippen molar-refractivity contribution in [1.82, 2.24) is 15.0 Å². The topological polar surface area (TPSA) is 53.9 Å². The number of nitrogens with zero attached hydrogens (tertiary/aromatic N) is 4. The third kappa shape index (κ3) is 4.85. The Balaban J connectivity index is 1.80. The number of likely N-dealkylation sites (N-methyl/N-ethyl adjacent to an activating group) is 1. The Morgan fingerprint density at radius 3 is 2.29 bits per heavy atom. The number of benzene rings is 1. The molecule has 0 bridgehead atoms. The van der Waals surface area contributed by atoms with E-state index < -0.39 is 0 Å². The summed E-state index contributed by atoms with van der Waals surface area (Å²) in [5.41, 5.74) is 5.95. The van der Waals surface area contributed by atoms with E-state index in [4.69, 9.17) is 4.98 Å².